The predicted molar refractivity (Wildman–Crippen MR) is 88.0 cm³/mol. The number of hydrogen-bond acceptors (Lipinski definition) is 4. The number of piperidine rings is 3. The van der Waals surface area contributed by atoms with Crippen molar-refractivity contribution in [1.29, 1.82) is 0 Å². The highest BCUT2D eigenvalue weighted by Crippen LogP contribution is 2.29. The first kappa shape index (κ1) is 14.2. The third-order valence-electron chi connectivity index (χ3n) is 4.62. The summed E-state index contributed by atoms with van der Waals surface area (Å²) in [4.78, 5) is 2.47. The van der Waals surface area contributed by atoms with Gasteiger partial charge in [0.1, 0.15) is 11.8 Å². The molecule has 1 aromatic carbocycles. The highest BCUT2D eigenvalue weighted by Gasteiger charge is 2.35. The van der Waals surface area contributed by atoms with Crippen molar-refractivity contribution < 1.29 is 4.74 Å². The summed E-state index contributed by atoms with van der Waals surface area (Å²) in [5.41, 5.74) is 1.64. The first-order valence-electron chi connectivity index (χ1n) is 8.17. The van der Waals surface area contributed by atoms with Crippen LogP contribution in [0.25, 0.3) is 0 Å². The lowest BCUT2D eigenvalue weighted by molar-refractivity contribution is -0.0104. The number of aromatic nitrogens is 2. The van der Waals surface area contributed by atoms with Crippen LogP contribution in [0.2, 0.25) is 0 Å². The van der Waals surface area contributed by atoms with E-state index in [0.29, 0.717) is 17.5 Å². The highest BCUT2D eigenvalue weighted by molar-refractivity contribution is 5.39. The van der Waals surface area contributed by atoms with Crippen molar-refractivity contribution in [2.24, 2.45) is 5.92 Å². The standard InChI is InChI=1S/C19H19N3O/c1-2-4-15(5-3-1)6-7-17-8-9-19(21-20-17)23-18-14-22-12-10-16(18)11-13-22/h1-5,8-9,16,18H,10-14H2/t18-/m0/s1. The summed E-state index contributed by atoms with van der Waals surface area (Å²) in [5, 5.41) is 8.33. The molecule has 0 unspecified atom stereocenters. The molecule has 23 heavy (non-hydrogen) atoms. The number of rotatable bonds is 2. The molecule has 5 rings (SSSR count). The lowest BCUT2D eigenvalue weighted by atomic mass is 9.86. The Morgan fingerprint density at radius 1 is 0.957 bits per heavy atom. The van der Waals surface area contributed by atoms with Crippen molar-refractivity contribution >= 4 is 0 Å². The van der Waals surface area contributed by atoms with Crippen molar-refractivity contribution in [3.8, 4) is 17.7 Å². The minimum Gasteiger partial charge on any atom is -0.472 e. The fraction of sp³-hybridized carbons (Fsp3) is 0.368. The molecule has 3 fully saturated rings. The molecule has 116 valence electrons. The topological polar surface area (TPSA) is 38.2 Å². The SMILES string of the molecule is C(#Cc1ccc(O[C@H]2CN3CCC2CC3)nn1)c1ccccc1. The molecule has 0 aliphatic carbocycles. The molecule has 0 saturated carbocycles. The van der Waals surface area contributed by atoms with E-state index in [1.807, 2.05) is 42.5 Å². The monoisotopic (exact) mass is 305 g/mol. The summed E-state index contributed by atoms with van der Waals surface area (Å²) < 4.78 is 6.04. The third-order valence-corrected chi connectivity index (χ3v) is 4.62. The van der Waals surface area contributed by atoms with Crippen LogP contribution in [-0.4, -0.2) is 40.8 Å². The van der Waals surface area contributed by atoms with Gasteiger partial charge in [-0.05, 0) is 56.0 Å². The quantitative estimate of drug-likeness (QED) is 0.798. The Morgan fingerprint density at radius 2 is 1.78 bits per heavy atom. The fourth-order valence-electron chi connectivity index (χ4n) is 3.31. The molecule has 1 aromatic heterocycles. The third kappa shape index (κ3) is 3.35. The Hall–Kier alpha value is -2.38. The van der Waals surface area contributed by atoms with Crippen molar-refractivity contribution in [2.75, 3.05) is 19.6 Å². The van der Waals surface area contributed by atoms with E-state index in [-0.39, 0.29) is 6.10 Å². The second-order valence-electron chi connectivity index (χ2n) is 6.17. The number of fused-ring (bicyclic) bond motifs is 3. The lowest BCUT2D eigenvalue weighted by Gasteiger charge is -2.44. The zero-order valence-electron chi connectivity index (χ0n) is 13.0. The molecule has 0 radical (unpaired) electrons. The molecule has 2 aromatic rings. The molecule has 0 N–H and O–H groups in total. The Kier molecular flexibility index (Phi) is 3.95. The summed E-state index contributed by atoms with van der Waals surface area (Å²) in [7, 11) is 0. The average molecular weight is 305 g/mol. The average Bonchev–Trinajstić information content (AvgIpc) is 2.63. The molecule has 3 saturated heterocycles. The van der Waals surface area contributed by atoms with Crippen LogP contribution >= 0.6 is 0 Å². The number of ether oxygens (including phenoxy) is 1. The van der Waals surface area contributed by atoms with Crippen LogP contribution in [0.5, 0.6) is 5.88 Å². The van der Waals surface area contributed by atoms with Crippen LogP contribution in [0.1, 0.15) is 24.1 Å². The van der Waals surface area contributed by atoms with E-state index in [0.717, 1.165) is 12.1 Å². The molecule has 4 nitrogen and oxygen atoms in total. The van der Waals surface area contributed by atoms with Crippen molar-refractivity contribution in [1.82, 2.24) is 15.1 Å². The maximum absolute atomic E-state index is 6.04. The largest absolute Gasteiger partial charge is 0.472 e. The van der Waals surface area contributed by atoms with Crippen molar-refractivity contribution in [3.05, 3.63) is 53.7 Å². The Morgan fingerprint density at radius 3 is 2.43 bits per heavy atom. The molecule has 3 aliphatic heterocycles. The van der Waals surface area contributed by atoms with Crippen LogP contribution in [0.4, 0.5) is 0 Å². The van der Waals surface area contributed by atoms with Gasteiger partial charge in [-0.3, -0.25) is 4.90 Å². The summed E-state index contributed by atoms with van der Waals surface area (Å²) in [6, 6.07) is 13.6. The van der Waals surface area contributed by atoms with Gasteiger partial charge in [0.05, 0.1) is 0 Å². The van der Waals surface area contributed by atoms with Crippen LogP contribution in [0.3, 0.4) is 0 Å². The predicted octanol–water partition coefficient (Wildman–Crippen LogP) is 2.35. The fourth-order valence-corrected chi connectivity index (χ4v) is 3.31. The van der Waals surface area contributed by atoms with E-state index in [4.69, 9.17) is 4.74 Å². The van der Waals surface area contributed by atoms with Gasteiger partial charge in [-0.2, -0.15) is 0 Å². The van der Waals surface area contributed by atoms with Gasteiger partial charge < -0.3 is 4.74 Å². The van der Waals surface area contributed by atoms with E-state index < -0.39 is 0 Å². The lowest BCUT2D eigenvalue weighted by Crippen LogP contribution is -2.52. The van der Waals surface area contributed by atoms with Gasteiger partial charge >= 0.3 is 0 Å². The summed E-state index contributed by atoms with van der Waals surface area (Å²) in [6.45, 7) is 3.44. The van der Waals surface area contributed by atoms with Crippen LogP contribution in [0.15, 0.2) is 42.5 Å². The van der Waals surface area contributed by atoms with E-state index >= 15 is 0 Å². The Labute approximate surface area is 136 Å². The minimum atomic E-state index is 0.257. The van der Waals surface area contributed by atoms with E-state index in [9.17, 15) is 0 Å². The number of nitrogens with zero attached hydrogens (tertiary/aromatic N) is 3. The van der Waals surface area contributed by atoms with Crippen LogP contribution < -0.4 is 4.74 Å². The molecular formula is C19H19N3O. The van der Waals surface area contributed by atoms with Gasteiger partial charge in [0.25, 0.3) is 0 Å². The summed E-state index contributed by atoms with van der Waals surface area (Å²) in [5.74, 6) is 7.39. The molecular weight excluding hydrogens is 286 g/mol. The molecule has 0 amide bonds. The zero-order valence-corrected chi connectivity index (χ0v) is 13.0. The van der Waals surface area contributed by atoms with Gasteiger partial charge in [-0.1, -0.05) is 24.1 Å². The van der Waals surface area contributed by atoms with Gasteiger partial charge in [-0.15, -0.1) is 10.2 Å². The molecule has 4 heteroatoms. The minimum absolute atomic E-state index is 0.257. The van der Waals surface area contributed by atoms with Crippen LogP contribution in [0, 0.1) is 17.8 Å². The molecule has 2 bridgehead atoms. The Bertz CT molecular complexity index is 710. The summed E-state index contributed by atoms with van der Waals surface area (Å²) >= 11 is 0. The zero-order chi connectivity index (χ0) is 15.5. The Balaban J connectivity index is 1.41. The second kappa shape index (κ2) is 6.39. The second-order valence-corrected chi connectivity index (χ2v) is 6.17. The molecule has 3 aliphatic rings. The van der Waals surface area contributed by atoms with E-state index in [1.165, 1.54) is 25.9 Å². The first-order chi connectivity index (χ1) is 11.4. The van der Waals surface area contributed by atoms with Gasteiger partial charge in [0, 0.05) is 18.2 Å². The smallest absolute Gasteiger partial charge is 0.233 e. The summed E-state index contributed by atoms with van der Waals surface area (Å²) in [6.07, 6.45) is 2.73. The molecule has 0 spiro atoms. The highest BCUT2D eigenvalue weighted by atomic mass is 16.5. The van der Waals surface area contributed by atoms with Crippen molar-refractivity contribution in [3.63, 3.8) is 0 Å². The van der Waals surface area contributed by atoms with Gasteiger partial charge in [0.2, 0.25) is 5.88 Å². The van der Waals surface area contributed by atoms with Gasteiger partial charge in [0.15, 0.2) is 0 Å². The maximum atomic E-state index is 6.04. The van der Waals surface area contributed by atoms with Crippen LogP contribution in [-0.2, 0) is 0 Å². The van der Waals surface area contributed by atoms with Crippen molar-refractivity contribution in [2.45, 2.75) is 18.9 Å². The number of hydrogen-bond donors (Lipinski definition) is 0. The molecule has 1 atom stereocenters. The van der Waals surface area contributed by atoms with E-state index in [2.05, 4.69) is 26.9 Å². The van der Waals surface area contributed by atoms with E-state index in [1.54, 1.807) is 0 Å². The first-order valence-corrected chi connectivity index (χ1v) is 8.17. The molecule has 4 heterocycles. The normalized spacial score (nSPS) is 25.5. The number of benzene rings is 1. The van der Waals surface area contributed by atoms with Gasteiger partial charge in [-0.25, -0.2) is 0 Å². The maximum Gasteiger partial charge on any atom is 0.233 e.